The summed E-state index contributed by atoms with van der Waals surface area (Å²) in [6, 6.07) is 0.150. The molecule has 0 spiro atoms. The lowest BCUT2D eigenvalue weighted by atomic mass is 9.52. The Kier molecular flexibility index (Phi) is 4.49. The zero-order valence-corrected chi connectivity index (χ0v) is 16.0. The van der Waals surface area contributed by atoms with Gasteiger partial charge in [-0.2, -0.15) is 0 Å². The topological polar surface area (TPSA) is 75.3 Å². The van der Waals surface area contributed by atoms with Gasteiger partial charge in [-0.1, -0.05) is 40.0 Å². The van der Waals surface area contributed by atoms with Crippen molar-refractivity contribution in [3.63, 3.8) is 0 Å². The molecule has 0 aromatic rings. The van der Waals surface area contributed by atoms with Crippen molar-refractivity contribution in [1.82, 2.24) is 10.6 Å². The standard InChI is InChI=1S/C20H32N2O3/c1-13(14-8-6-5-7-9-14)21-15(23)18(2)10-19(3)12-20(4,11-18)17(25)22-16(19)24/h13-14H,5-12H2,1-4H3,(H,21,23)(H,22,24,25)/t13-,18?,19-,20+/m1/s1. The average molecular weight is 348 g/mol. The van der Waals surface area contributed by atoms with E-state index in [0.717, 1.165) is 0 Å². The monoisotopic (exact) mass is 348 g/mol. The Labute approximate surface area is 150 Å². The maximum absolute atomic E-state index is 13.1. The Bertz CT molecular complexity index is 568. The van der Waals surface area contributed by atoms with Gasteiger partial charge < -0.3 is 5.32 Å². The Morgan fingerprint density at radius 1 is 1.00 bits per heavy atom. The molecule has 3 aliphatic rings. The van der Waals surface area contributed by atoms with Crippen LogP contribution in [0.5, 0.6) is 0 Å². The number of carbonyl (C=O) groups is 3. The highest BCUT2D eigenvalue weighted by Crippen LogP contribution is 2.56. The van der Waals surface area contributed by atoms with Gasteiger partial charge in [0, 0.05) is 22.3 Å². The fourth-order valence-electron chi connectivity index (χ4n) is 5.79. The predicted octanol–water partition coefficient (Wildman–Crippen LogP) is 2.93. The Balaban J connectivity index is 1.77. The summed E-state index contributed by atoms with van der Waals surface area (Å²) in [4.78, 5) is 37.9. The second-order valence-corrected chi connectivity index (χ2v) is 9.66. The summed E-state index contributed by atoms with van der Waals surface area (Å²) in [6.07, 6.45) is 7.66. The normalized spacial score (nSPS) is 40.3. The maximum Gasteiger partial charge on any atom is 0.232 e. The molecule has 0 radical (unpaired) electrons. The molecule has 2 saturated carbocycles. The van der Waals surface area contributed by atoms with Gasteiger partial charge in [-0.25, -0.2) is 0 Å². The lowest BCUT2D eigenvalue weighted by Gasteiger charge is -2.53. The number of amides is 3. The maximum atomic E-state index is 13.1. The van der Waals surface area contributed by atoms with Gasteiger partial charge in [-0.3, -0.25) is 19.7 Å². The minimum absolute atomic E-state index is 0.00484. The predicted molar refractivity (Wildman–Crippen MR) is 95.5 cm³/mol. The van der Waals surface area contributed by atoms with Gasteiger partial charge >= 0.3 is 0 Å². The van der Waals surface area contributed by atoms with Crippen LogP contribution in [0, 0.1) is 22.2 Å². The van der Waals surface area contributed by atoms with E-state index in [4.69, 9.17) is 0 Å². The number of hydrogen-bond donors (Lipinski definition) is 2. The molecule has 140 valence electrons. The van der Waals surface area contributed by atoms with Crippen molar-refractivity contribution in [3.8, 4) is 0 Å². The highest BCUT2D eigenvalue weighted by Gasteiger charge is 2.60. The summed E-state index contributed by atoms with van der Waals surface area (Å²) in [6.45, 7) is 7.81. The summed E-state index contributed by atoms with van der Waals surface area (Å²) in [5.74, 6) is 0.0915. The molecule has 5 heteroatoms. The van der Waals surface area contributed by atoms with E-state index in [1.54, 1.807) is 0 Å². The summed E-state index contributed by atoms with van der Waals surface area (Å²) >= 11 is 0. The van der Waals surface area contributed by atoms with Gasteiger partial charge in [0.1, 0.15) is 0 Å². The van der Waals surface area contributed by atoms with Crippen LogP contribution in [-0.2, 0) is 14.4 Å². The van der Waals surface area contributed by atoms with E-state index in [-0.39, 0.29) is 23.8 Å². The number of nitrogens with one attached hydrogen (secondary N) is 2. The third-order valence-electron chi connectivity index (χ3n) is 6.93. The molecule has 3 rings (SSSR count). The molecule has 0 aromatic carbocycles. The third-order valence-corrected chi connectivity index (χ3v) is 6.93. The van der Waals surface area contributed by atoms with Crippen LogP contribution in [0.15, 0.2) is 0 Å². The lowest BCUT2D eigenvalue weighted by Crippen LogP contribution is -2.64. The molecule has 1 heterocycles. The number of fused-ring (bicyclic) bond motifs is 2. The zero-order valence-electron chi connectivity index (χ0n) is 16.0. The van der Waals surface area contributed by atoms with Crippen LogP contribution in [0.3, 0.4) is 0 Å². The highest BCUT2D eigenvalue weighted by atomic mass is 16.2. The molecule has 1 saturated heterocycles. The molecule has 3 amide bonds. The van der Waals surface area contributed by atoms with E-state index in [1.807, 2.05) is 20.8 Å². The molecular formula is C20H32N2O3. The van der Waals surface area contributed by atoms with Crippen molar-refractivity contribution in [3.05, 3.63) is 0 Å². The summed E-state index contributed by atoms with van der Waals surface area (Å²) in [7, 11) is 0. The van der Waals surface area contributed by atoms with E-state index in [0.29, 0.717) is 25.2 Å². The van der Waals surface area contributed by atoms with E-state index in [9.17, 15) is 14.4 Å². The van der Waals surface area contributed by atoms with Gasteiger partial charge in [0.2, 0.25) is 17.7 Å². The molecule has 4 atom stereocenters. The molecule has 1 unspecified atom stereocenters. The summed E-state index contributed by atoms with van der Waals surface area (Å²) in [5.41, 5.74) is -1.99. The van der Waals surface area contributed by atoms with E-state index >= 15 is 0 Å². The van der Waals surface area contributed by atoms with Crippen molar-refractivity contribution in [2.75, 3.05) is 0 Å². The van der Waals surface area contributed by atoms with Crippen LogP contribution in [0.25, 0.3) is 0 Å². The summed E-state index contributed by atoms with van der Waals surface area (Å²) in [5, 5.41) is 5.75. The molecule has 25 heavy (non-hydrogen) atoms. The van der Waals surface area contributed by atoms with Crippen molar-refractivity contribution in [2.24, 2.45) is 22.2 Å². The number of rotatable bonds is 3. The smallest absolute Gasteiger partial charge is 0.232 e. The molecule has 1 aliphatic heterocycles. The van der Waals surface area contributed by atoms with Crippen LogP contribution in [0.4, 0.5) is 0 Å². The number of carbonyl (C=O) groups excluding carboxylic acids is 3. The van der Waals surface area contributed by atoms with Crippen LogP contribution in [0.1, 0.15) is 79.1 Å². The molecule has 0 aromatic heterocycles. The number of imide groups is 1. The molecule has 3 fully saturated rings. The van der Waals surface area contributed by atoms with Crippen molar-refractivity contribution >= 4 is 17.7 Å². The number of piperidine rings is 1. The first-order chi connectivity index (χ1) is 11.6. The van der Waals surface area contributed by atoms with Crippen LogP contribution in [0.2, 0.25) is 0 Å². The second kappa shape index (κ2) is 6.10. The van der Waals surface area contributed by atoms with Crippen LogP contribution >= 0.6 is 0 Å². The minimum Gasteiger partial charge on any atom is -0.353 e. The molecular weight excluding hydrogens is 316 g/mol. The minimum atomic E-state index is -0.682. The quantitative estimate of drug-likeness (QED) is 0.770. The summed E-state index contributed by atoms with van der Waals surface area (Å²) < 4.78 is 0. The second-order valence-electron chi connectivity index (χ2n) is 9.66. The van der Waals surface area contributed by atoms with Crippen LogP contribution in [-0.4, -0.2) is 23.8 Å². The Morgan fingerprint density at radius 2 is 1.52 bits per heavy atom. The largest absolute Gasteiger partial charge is 0.353 e. The first-order valence-corrected chi connectivity index (χ1v) is 9.75. The van der Waals surface area contributed by atoms with E-state index < -0.39 is 16.2 Å². The Hall–Kier alpha value is -1.39. The van der Waals surface area contributed by atoms with Crippen molar-refractivity contribution in [1.29, 1.82) is 0 Å². The van der Waals surface area contributed by atoms with E-state index in [1.165, 1.54) is 32.1 Å². The molecule has 2 N–H and O–H groups in total. The van der Waals surface area contributed by atoms with Gasteiger partial charge in [0.15, 0.2) is 0 Å². The van der Waals surface area contributed by atoms with Gasteiger partial charge in [-0.05, 0) is 44.9 Å². The molecule has 2 aliphatic carbocycles. The highest BCUT2D eigenvalue weighted by molar-refractivity contribution is 6.04. The fourth-order valence-corrected chi connectivity index (χ4v) is 5.79. The first kappa shape index (κ1) is 18.4. The lowest BCUT2D eigenvalue weighted by molar-refractivity contribution is -0.164. The van der Waals surface area contributed by atoms with Crippen LogP contribution < -0.4 is 10.6 Å². The number of hydrogen-bond acceptors (Lipinski definition) is 3. The molecule has 5 nitrogen and oxygen atoms in total. The SMILES string of the molecule is C[C@@H](NC(=O)C1(C)C[C@@]2(C)C[C@@](C)(C1)C(=O)NC2=O)C1CCCCC1. The average Bonchev–Trinajstić information content (AvgIpc) is 2.53. The van der Waals surface area contributed by atoms with E-state index in [2.05, 4.69) is 17.6 Å². The van der Waals surface area contributed by atoms with Gasteiger partial charge in [0.25, 0.3) is 0 Å². The molecule has 2 bridgehead atoms. The fraction of sp³-hybridized carbons (Fsp3) is 0.850. The zero-order chi connectivity index (χ0) is 18.5. The first-order valence-electron chi connectivity index (χ1n) is 9.75. The third kappa shape index (κ3) is 3.22. The van der Waals surface area contributed by atoms with Gasteiger partial charge in [0.05, 0.1) is 0 Å². The Morgan fingerprint density at radius 3 is 2.04 bits per heavy atom. The van der Waals surface area contributed by atoms with Crippen molar-refractivity contribution in [2.45, 2.75) is 85.1 Å². The van der Waals surface area contributed by atoms with Gasteiger partial charge in [-0.15, -0.1) is 0 Å². The van der Waals surface area contributed by atoms with Crippen molar-refractivity contribution < 1.29 is 14.4 Å².